The van der Waals surface area contributed by atoms with Gasteiger partial charge in [0.25, 0.3) is 0 Å². The number of thioether (sulfide) groups is 1. The van der Waals surface area contributed by atoms with Gasteiger partial charge in [0.2, 0.25) is 29.0 Å². The summed E-state index contributed by atoms with van der Waals surface area (Å²) >= 11 is 2.76. The van der Waals surface area contributed by atoms with Crippen LogP contribution in [0.1, 0.15) is 155 Å². The summed E-state index contributed by atoms with van der Waals surface area (Å²) in [6, 6.07) is 1.18. The average molecular weight is 1940 g/mol. The first-order valence-corrected chi connectivity index (χ1v) is 46.1. The van der Waals surface area contributed by atoms with Crippen molar-refractivity contribution >= 4 is 114 Å². The molecule has 0 radical (unpaired) electrons. The highest BCUT2D eigenvalue weighted by Crippen LogP contribution is 2.50. The molecule has 4 aliphatic heterocycles. The van der Waals surface area contributed by atoms with Crippen molar-refractivity contribution in [3.05, 3.63) is 68.3 Å². The maximum atomic E-state index is 14.8. The van der Waals surface area contributed by atoms with Gasteiger partial charge in [0.05, 0.1) is 96.6 Å². The number of benzene rings is 2. The maximum Gasteiger partial charge on any atom is 0.410 e. The molecule has 2 aromatic carbocycles. The Morgan fingerprint density at radius 3 is 2.13 bits per heavy atom. The number of alkyl carbamates (subject to hydrolysis) is 1. The maximum absolute atomic E-state index is 14.8. The predicted octanol–water partition coefficient (Wildman–Crippen LogP) is 7.13. The smallest absolute Gasteiger partial charge is 0.410 e. The Balaban J connectivity index is 1.14. The molecule has 1 aliphatic carbocycles. The SMILES string of the molecule is CC#C/C=C\C#C[C@H](OC1OC(C)C(NOC2CC(O)C(SC(=O)c3c(C)c(I)c(OC4OC(C)C(O)C(OC)C4O)c(OC)c3OC)C(C)O2)C(O)C1OC1CC(OC)C(N(CC)C(=O)OCc2ccc(NC(=O)[C@H](CCCNC(N)=O)CC(=O)[C@@H](NC(=O)CCCC(=O)O)C(C)C)cc2)CO1)C1/C(=C\CSSC(C)C)[C@](O)(C(C)C)CC(=O)C1NC(=O)OC. The molecule has 0 spiro atoms. The van der Waals surface area contributed by atoms with E-state index in [9.17, 15) is 68.7 Å². The summed E-state index contributed by atoms with van der Waals surface area (Å²) in [4.78, 5) is 128. The van der Waals surface area contributed by atoms with Crippen molar-refractivity contribution in [2.45, 2.75) is 280 Å². The molecule has 2 aromatic rings. The number of aliphatic hydroxyl groups is 5. The fraction of sp³-hybridized carbons (Fsp3) is 0.663. The number of primary amides is 1. The van der Waals surface area contributed by atoms with E-state index in [0.717, 1.165) is 18.9 Å². The molecule has 36 nitrogen and oxygen atoms in total. The van der Waals surface area contributed by atoms with Crippen LogP contribution in [-0.4, -0.2) is 282 Å². The topological polar surface area (TPSA) is 494 Å². The molecule has 702 valence electrons. The van der Waals surface area contributed by atoms with Gasteiger partial charge in [-0.05, 0) is 136 Å². The number of carbonyl (C=O) groups is 9. The van der Waals surface area contributed by atoms with Crippen molar-refractivity contribution in [3.63, 3.8) is 0 Å². The Bertz CT molecular complexity index is 4190. The zero-order valence-electron chi connectivity index (χ0n) is 74.1. The second kappa shape index (κ2) is 50.9. The van der Waals surface area contributed by atoms with Crippen molar-refractivity contribution in [1.82, 2.24) is 26.3 Å². The van der Waals surface area contributed by atoms with E-state index in [4.69, 9.17) is 77.3 Å². The number of hydrogen-bond acceptors (Lipinski definition) is 32. The number of aliphatic carboxylic acids is 1. The summed E-state index contributed by atoms with van der Waals surface area (Å²) < 4.78 is 80.2. The highest BCUT2D eigenvalue weighted by molar-refractivity contribution is 14.1. The number of aliphatic hydroxyl groups excluding tert-OH is 4. The molecule has 40 heteroatoms. The molecule has 0 bridgehead atoms. The number of likely N-dealkylation sites (N-methyl/N-ethyl adjacent to an activating group) is 1. The number of rotatable bonds is 41. The number of carbonyl (C=O) groups excluding carboxylic acids is 8. The third kappa shape index (κ3) is 28.7. The van der Waals surface area contributed by atoms with Crippen LogP contribution >= 0.6 is 55.9 Å². The molecule has 6 amide bonds. The van der Waals surface area contributed by atoms with Crippen LogP contribution in [-0.2, 0) is 82.8 Å². The molecule has 19 unspecified atom stereocenters. The lowest BCUT2D eigenvalue weighted by Crippen LogP contribution is -2.66. The zero-order valence-corrected chi connectivity index (χ0v) is 78.7. The van der Waals surface area contributed by atoms with Gasteiger partial charge in [-0.3, -0.25) is 33.6 Å². The molecule has 7 rings (SSSR count). The molecule has 5 aliphatic rings. The minimum absolute atomic E-state index is 0.00723. The zero-order chi connectivity index (χ0) is 93.1. The average Bonchev–Trinajstić information content (AvgIpc) is 0.746. The molecule has 13 N–H and O–H groups in total. The number of nitrogens with zero attached hydrogens (tertiary/aromatic N) is 1. The highest BCUT2D eigenvalue weighted by atomic mass is 127. The number of urea groups is 1. The van der Waals surface area contributed by atoms with E-state index in [-0.39, 0.29) is 112 Å². The van der Waals surface area contributed by atoms with Gasteiger partial charge in [0.1, 0.15) is 49.3 Å². The minimum atomic E-state index is -1.82. The number of amides is 6. The summed E-state index contributed by atoms with van der Waals surface area (Å²) in [7, 11) is 9.67. The first-order valence-electron chi connectivity index (χ1n) is 41.8. The Kier molecular flexibility index (Phi) is 42.8. The largest absolute Gasteiger partial charge is 0.492 e. The van der Waals surface area contributed by atoms with Gasteiger partial charge in [0, 0.05) is 94.4 Å². The fourth-order valence-electron chi connectivity index (χ4n) is 15.4. The number of carboxylic acids is 1. The van der Waals surface area contributed by atoms with Crippen LogP contribution in [0.25, 0.3) is 0 Å². The van der Waals surface area contributed by atoms with Crippen molar-refractivity contribution in [1.29, 1.82) is 0 Å². The Hall–Kier alpha value is -7.15. The van der Waals surface area contributed by atoms with E-state index in [1.54, 1.807) is 110 Å². The van der Waals surface area contributed by atoms with Gasteiger partial charge in [0.15, 0.2) is 41.9 Å². The van der Waals surface area contributed by atoms with Crippen molar-refractivity contribution < 1.29 is 140 Å². The van der Waals surface area contributed by atoms with Gasteiger partial charge in [-0.15, -0.1) is 5.92 Å². The summed E-state index contributed by atoms with van der Waals surface area (Å²) in [6.07, 6.45) is -16.8. The van der Waals surface area contributed by atoms with Crippen LogP contribution in [0.15, 0.2) is 48.1 Å². The van der Waals surface area contributed by atoms with E-state index in [1.165, 1.54) is 56.3 Å². The van der Waals surface area contributed by atoms with Gasteiger partial charge in [-0.2, -0.15) is 5.48 Å². The molecule has 4 saturated heterocycles. The van der Waals surface area contributed by atoms with Crippen LogP contribution in [0.4, 0.5) is 20.1 Å². The number of nitrogens with one attached hydrogen (secondary N) is 5. The van der Waals surface area contributed by atoms with Crippen molar-refractivity contribution in [2.24, 2.45) is 29.4 Å². The molecular formula is C86H124IN7O29S3. The molecular weight excluding hydrogens is 1820 g/mol. The third-order valence-electron chi connectivity index (χ3n) is 22.2. The lowest BCUT2D eigenvalue weighted by Gasteiger charge is -2.49. The highest BCUT2D eigenvalue weighted by Gasteiger charge is 2.57. The van der Waals surface area contributed by atoms with E-state index >= 15 is 0 Å². The molecule has 4 heterocycles. The number of Topliss-reactive ketones (excluding diaryl/α,β-unsaturated/α-hetero) is 2. The number of nitrogens with two attached hydrogens (primary N) is 1. The predicted molar refractivity (Wildman–Crippen MR) is 474 cm³/mol. The number of ether oxygens (including phenoxy) is 13. The second-order valence-electron chi connectivity index (χ2n) is 32.0. The fourth-order valence-corrected chi connectivity index (χ4v) is 19.0. The van der Waals surface area contributed by atoms with E-state index in [2.05, 4.69) is 50.4 Å². The summed E-state index contributed by atoms with van der Waals surface area (Å²) in [5.41, 5.74) is 8.00. The first-order chi connectivity index (χ1) is 59.8. The van der Waals surface area contributed by atoms with E-state index in [1.807, 2.05) is 36.4 Å². The summed E-state index contributed by atoms with van der Waals surface area (Å²) in [5.74, 6) is 5.79. The minimum Gasteiger partial charge on any atom is -0.492 e. The number of halogens is 1. The molecule has 23 atom stereocenters. The van der Waals surface area contributed by atoms with Crippen LogP contribution in [0.3, 0.4) is 0 Å². The summed E-state index contributed by atoms with van der Waals surface area (Å²) in [5, 5.41) is 78.3. The molecule has 1 saturated carbocycles. The van der Waals surface area contributed by atoms with E-state index < -0.39 is 204 Å². The van der Waals surface area contributed by atoms with Gasteiger partial charge in [-0.25, -0.2) is 14.4 Å². The first kappa shape index (κ1) is 106. The van der Waals surface area contributed by atoms with Crippen LogP contribution in [0.5, 0.6) is 17.2 Å². The van der Waals surface area contributed by atoms with Gasteiger partial charge < -0.3 is 124 Å². The Morgan fingerprint density at radius 1 is 0.825 bits per heavy atom. The van der Waals surface area contributed by atoms with Crippen LogP contribution in [0.2, 0.25) is 0 Å². The lowest BCUT2D eigenvalue weighted by molar-refractivity contribution is -0.340. The number of allylic oxidation sites excluding steroid dienone is 2. The normalized spacial score (nSPS) is 28.4. The van der Waals surface area contributed by atoms with Gasteiger partial charge in [-0.1, -0.05) is 111 Å². The van der Waals surface area contributed by atoms with Gasteiger partial charge >= 0.3 is 24.2 Å². The Morgan fingerprint density at radius 2 is 1.52 bits per heavy atom. The number of carboxylic acid groups (broad SMARTS) is 1. The van der Waals surface area contributed by atoms with Crippen LogP contribution < -0.4 is 46.7 Å². The van der Waals surface area contributed by atoms with Crippen LogP contribution in [0, 0.1) is 57.8 Å². The Labute approximate surface area is 761 Å². The molecule has 5 fully saturated rings. The number of ketones is 2. The lowest BCUT2D eigenvalue weighted by atomic mass is 9.64. The monoisotopic (exact) mass is 1940 g/mol. The molecule has 126 heavy (non-hydrogen) atoms. The number of methoxy groups -OCH3 is 5. The standard InChI is InChI=1S/C86H124IN7O29S3/c1-18-20-21-22-23-27-58(65-53(34-36-124-126-45(7)8)86(109,44(5)6)40-57(97)69(65)92-84(107)114-17)120-82-76(71(102)68(47(10)118-82)93-123-63-38-56(96)78(49(12)117-63)125-80(105)64-46(9)66(87)74(77(113-16)73(64)111-14)122-81-72(103)75(112-15)70(101)48(11)119-81)121-62-39-59(110-13)54(42-115-62)94(19-2)85(108)116-41-50-30-32-52(33-31-50)90-79(104)51(26-25-35-89-83(88)106)37-55(95)67(43(3)4)91-60(98)28-24-29-61(99)100/h21-22,30-34,43-45,47-49,51,54,56,58-59,62-63,65,67-72,75-76,78,81-82,93,96,101-103,109H,19,24-26,28-29,35-42H2,1-17H3,(H,90,104)(H,91,98)(H,92,107)(H,99,100)(H3,88,89,106)/b22-21-,53-34+/t47?,48?,49?,51-,54?,56?,58+,59?,62?,63?,65?,67+,68?,69?,70?,71?,72?,75?,76?,78?,81?,82?,86-/m1/s1. The molecule has 0 aromatic heterocycles. The number of hydroxylamine groups is 1. The van der Waals surface area contributed by atoms with Crippen molar-refractivity contribution in [2.75, 3.05) is 66.3 Å². The summed E-state index contributed by atoms with van der Waals surface area (Å²) in [6.45, 7) is 20.6. The quantitative estimate of drug-likeness (QED) is 0.00786. The second-order valence-corrected chi connectivity index (χ2v) is 37.2. The third-order valence-corrected chi connectivity index (χ3v) is 27.7. The number of hydrogen-bond donors (Lipinski definition) is 12. The number of anilines is 1. The van der Waals surface area contributed by atoms with E-state index in [0.29, 0.717) is 31.7 Å². The van der Waals surface area contributed by atoms with Crippen molar-refractivity contribution in [3.8, 4) is 40.9 Å².